The molecule has 1 atom stereocenters. The molecule has 7 heteroatoms. The molecule has 1 aromatic rings. The van der Waals surface area contributed by atoms with E-state index in [1.54, 1.807) is 0 Å². The second-order valence-electron chi connectivity index (χ2n) is 3.84. The number of nitro benzene ring substituents is 1. The van der Waals surface area contributed by atoms with Crippen molar-refractivity contribution in [1.29, 1.82) is 0 Å². The number of ether oxygens (including phenoxy) is 1. The average molecular weight is 293 g/mol. The third-order valence-corrected chi connectivity index (χ3v) is 2.33. The molecular weight excluding hydrogens is 275 g/mol. The van der Waals surface area contributed by atoms with Crippen LogP contribution in [0.15, 0.2) is 18.2 Å². The lowest BCUT2D eigenvalue weighted by atomic mass is 10.1. The first-order chi connectivity index (χ1) is 9.25. The van der Waals surface area contributed by atoms with E-state index >= 15 is 0 Å². The topological polar surface area (TPSA) is 52.4 Å². The molecule has 20 heavy (non-hydrogen) atoms. The van der Waals surface area contributed by atoms with E-state index in [1.807, 2.05) is 13.8 Å². The van der Waals surface area contributed by atoms with Crippen LogP contribution in [0.2, 0.25) is 0 Å². The molecule has 0 saturated heterocycles. The minimum absolute atomic E-state index is 0.0140. The van der Waals surface area contributed by atoms with Gasteiger partial charge in [-0.1, -0.05) is 20.8 Å². The Labute approximate surface area is 115 Å². The number of hydrogen-bond donors (Lipinski definition) is 0. The predicted octanol–water partition coefficient (Wildman–Crippen LogP) is 4.57. The zero-order chi connectivity index (χ0) is 15.9. The Morgan fingerprint density at radius 3 is 2.30 bits per heavy atom. The van der Waals surface area contributed by atoms with Crippen LogP contribution in [0.25, 0.3) is 0 Å². The molecule has 1 aromatic carbocycles. The van der Waals surface area contributed by atoms with Crippen molar-refractivity contribution in [1.82, 2.24) is 0 Å². The molecule has 0 aliphatic heterocycles. The van der Waals surface area contributed by atoms with Gasteiger partial charge in [-0.3, -0.25) is 10.1 Å². The van der Waals surface area contributed by atoms with E-state index in [0.717, 1.165) is 12.1 Å². The summed E-state index contributed by atoms with van der Waals surface area (Å²) in [6.07, 6.45) is -1.49. The van der Waals surface area contributed by atoms with Gasteiger partial charge in [-0.25, -0.2) is 13.2 Å². The van der Waals surface area contributed by atoms with Gasteiger partial charge in [0.15, 0.2) is 17.7 Å². The third-order valence-electron chi connectivity index (χ3n) is 2.33. The van der Waals surface area contributed by atoms with Crippen molar-refractivity contribution >= 4 is 5.69 Å². The standard InChI is InChI=1S/C11H12F3NO3.C2H6/c1-3-10(11(2,13)14)18-9-5-4-7(15(16)17)6-8(9)12;1-2/h4-6,10H,3H2,1-2H3;1-2H3. The number of non-ortho nitro benzene ring substituents is 1. The number of halogens is 3. The van der Waals surface area contributed by atoms with Gasteiger partial charge in [0, 0.05) is 13.0 Å². The van der Waals surface area contributed by atoms with Crippen LogP contribution in [0, 0.1) is 15.9 Å². The molecule has 0 bridgehead atoms. The summed E-state index contributed by atoms with van der Waals surface area (Å²) in [4.78, 5) is 9.60. The monoisotopic (exact) mass is 293 g/mol. The van der Waals surface area contributed by atoms with Crippen molar-refractivity contribution in [3.05, 3.63) is 34.1 Å². The summed E-state index contributed by atoms with van der Waals surface area (Å²) >= 11 is 0. The Bertz CT molecular complexity index is 447. The van der Waals surface area contributed by atoms with Crippen molar-refractivity contribution in [3.63, 3.8) is 0 Å². The minimum atomic E-state index is -3.12. The fourth-order valence-electron chi connectivity index (χ4n) is 1.40. The zero-order valence-corrected chi connectivity index (χ0v) is 11.8. The van der Waals surface area contributed by atoms with Crippen LogP contribution >= 0.6 is 0 Å². The van der Waals surface area contributed by atoms with Gasteiger partial charge in [-0.05, 0) is 12.5 Å². The molecule has 1 unspecified atom stereocenters. The van der Waals surface area contributed by atoms with Gasteiger partial charge in [0.25, 0.3) is 11.6 Å². The van der Waals surface area contributed by atoms with Gasteiger partial charge >= 0.3 is 0 Å². The summed E-state index contributed by atoms with van der Waals surface area (Å²) in [5, 5.41) is 10.4. The van der Waals surface area contributed by atoms with Crippen molar-refractivity contribution in [2.75, 3.05) is 0 Å². The van der Waals surface area contributed by atoms with Crippen molar-refractivity contribution < 1.29 is 22.8 Å². The van der Waals surface area contributed by atoms with Crippen molar-refractivity contribution in [2.45, 2.75) is 46.1 Å². The van der Waals surface area contributed by atoms with Crippen LogP contribution in [-0.2, 0) is 0 Å². The first-order valence-corrected chi connectivity index (χ1v) is 6.24. The Morgan fingerprint density at radius 2 is 1.95 bits per heavy atom. The predicted molar refractivity (Wildman–Crippen MR) is 69.7 cm³/mol. The Balaban J connectivity index is 0.00000172. The summed E-state index contributed by atoms with van der Waals surface area (Å²) in [5.41, 5.74) is -0.462. The number of nitrogens with zero attached hydrogens (tertiary/aromatic N) is 1. The molecule has 0 N–H and O–H groups in total. The first kappa shape index (κ1) is 18.2. The maximum Gasteiger partial charge on any atom is 0.281 e. The van der Waals surface area contributed by atoms with Gasteiger partial charge in [0.05, 0.1) is 11.0 Å². The number of rotatable bonds is 5. The molecular formula is C13H18F3NO3. The number of hydrogen-bond acceptors (Lipinski definition) is 3. The molecule has 0 radical (unpaired) electrons. The van der Waals surface area contributed by atoms with Gasteiger partial charge < -0.3 is 4.74 Å². The summed E-state index contributed by atoms with van der Waals surface area (Å²) in [6, 6.07) is 2.61. The Hall–Kier alpha value is -1.79. The Morgan fingerprint density at radius 1 is 1.40 bits per heavy atom. The van der Waals surface area contributed by atoms with E-state index in [2.05, 4.69) is 0 Å². The minimum Gasteiger partial charge on any atom is -0.481 e. The lowest BCUT2D eigenvalue weighted by molar-refractivity contribution is -0.385. The molecule has 0 heterocycles. The van der Waals surface area contributed by atoms with E-state index in [9.17, 15) is 23.3 Å². The number of benzene rings is 1. The highest BCUT2D eigenvalue weighted by molar-refractivity contribution is 5.37. The highest BCUT2D eigenvalue weighted by Crippen LogP contribution is 2.28. The number of alkyl halides is 2. The average Bonchev–Trinajstić information content (AvgIpc) is 2.38. The maximum atomic E-state index is 13.4. The van der Waals surface area contributed by atoms with E-state index in [0.29, 0.717) is 13.0 Å². The lowest BCUT2D eigenvalue weighted by Crippen LogP contribution is -2.35. The molecule has 0 fully saturated rings. The van der Waals surface area contributed by atoms with Crippen LogP contribution in [0.4, 0.5) is 18.9 Å². The molecule has 0 aliphatic rings. The summed E-state index contributed by atoms with van der Waals surface area (Å²) in [5.74, 6) is -4.58. The second-order valence-corrected chi connectivity index (χ2v) is 3.84. The van der Waals surface area contributed by atoms with Crippen molar-refractivity contribution in [2.24, 2.45) is 0 Å². The number of nitro groups is 1. The van der Waals surface area contributed by atoms with Gasteiger partial charge in [-0.2, -0.15) is 0 Å². The van der Waals surface area contributed by atoms with Gasteiger partial charge in [0.2, 0.25) is 0 Å². The van der Waals surface area contributed by atoms with Crippen LogP contribution in [-0.4, -0.2) is 16.9 Å². The lowest BCUT2D eigenvalue weighted by Gasteiger charge is -2.23. The smallest absolute Gasteiger partial charge is 0.281 e. The highest BCUT2D eigenvalue weighted by atomic mass is 19.3. The van der Waals surface area contributed by atoms with E-state index in [4.69, 9.17) is 4.74 Å². The first-order valence-electron chi connectivity index (χ1n) is 6.24. The largest absolute Gasteiger partial charge is 0.481 e. The highest BCUT2D eigenvalue weighted by Gasteiger charge is 2.35. The summed E-state index contributed by atoms with van der Waals surface area (Å²) in [6.45, 7) is 6.15. The fourth-order valence-corrected chi connectivity index (χ4v) is 1.40. The van der Waals surface area contributed by atoms with Gasteiger partial charge in [-0.15, -0.1) is 0 Å². The SMILES string of the molecule is CC.CCC(Oc1ccc([N+](=O)[O-])cc1F)C(C)(F)F. The van der Waals surface area contributed by atoms with E-state index in [-0.39, 0.29) is 6.42 Å². The Kier molecular flexibility index (Phi) is 7.02. The zero-order valence-electron chi connectivity index (χ0n) is 11.8. The summed E-state index contributed by atoms with van der Waals surface area (Å²) in [7, 11) is 0. The van der Waals surface area contributed by atoms with E-state index < -0.39 is 34.2 Å². The molecule has 0 saturated carbocycles. The van der Waals surface area contributed by atoms with Crippen LogP contribution in [0.1, 0.15) is 34.1 Å². The summed E-state index contributed by atoms with van der Waals surface area (Å²) < 4.78 is 44.4. The van der Waals surface area contributed by atoms with Crippen LogP contribution in [0.3, 0.4) is 0 Å². The third kappa shape index (κ3) is 5.07. The quantitative estimate of drug-likeness (QED) is 0.590. The van der Waals surface area contributed by atoms with Crippen molar-refractivity contribution in [3.8, 4) is 5.75 Å². The molecule has 0 aliphatic carbocycles. The maximum absolute atomic E-state index is 13.4. The molecule has 0 aromatic heterocycles. The van der Waals surface area contributed by atoms with Crippen LogP contribution in [0.5, 0.6) is 5.75 Å². The molecule has 4 nitrogen and oxygen atoms in total. The van der Waals surface area contributed by atoms with E-state index in [1.165, 1.54) is 6.92 Å². The molecule has 0 spiro atoms. The fraction of sp³-hybridized carbons (Fsp3) is 0.538. The van der Waals surface area contributed by atoms with Gasteiger partial charge in [0.1, 0.15) is 0 Å². The molecule has 1 rings (SSSR count). The normalized spacial score (nSPS) is 12.2. The van der Waals surface area contributed by atoms with Crippen LogP contribution < -0.4 is 4.74 Å². The molecule has 0 amide bonds. The molecule has 114 valence electrons. The second kappa shape index (κ2) is 7.72.